The van der Waals surface area contributed by atoms with Crippen molar-refractivity contribution in [3.05, 3.63) is 51.3 Å². The fourth-order valence-corrected chi connectivity index (χ4v) is 3.06. The van der Waals surface area contributed by atoms with Crippen molar-refractivity contribution in [3.8, 4) is 5.69 Å². The van der Waals surface area contributed by atoms with E-state index in [4.69, 9.17) is 27.9 Å². The summed E-state index contributed by atoms with van der Waals surface area (Å²) in [6, 6.07) is 7.18. The number of halogens is 2. The molecule has 0 bridgehead atoms. The van der Waals surface area contributed by atoms with Gasteiger partial charge < -0.3 is 14.6 Å². The maximum Gasteiger partial charge on any atom is 0.329 e. The van der Waals surface area contributed by atoms with Gasteiger partial charge in [-0.3, -0.25) is 9.59 Å². The van der Waals surface area contributed by atoms with Crippen LogP contribution in [-0.2, 0) is 14.3 Å². The number of nitrogens with one attached hydrogen (secondary N) is 2. The molecule has 1 aromatic heterocycles. The molecule has 0 saturated carbocycles. The van der Waals surface area contributed by atoms with Crippen LogP contribution >= 0.6 is 23.2 Å². The molecule has 27 heavy (non-hydrogen) atoms. The zero-order chi connectivity index (χ0) is 20.0. The zero-order valence-electron chi connectivity index (χ0n) is 15.2. The molecule has 1 heterocycles. The Labute approximate surface area is 167 Å². The van der Waals surface area contributed by atoms with E-state index in [0.29, 0.717) is 16.7 Å². The predicted molar refractivity (Wildman–Crippen MR) is 106 cm³/mol. The quantitative estimate of drug-likeness (QED) is 0.332. The number of aromatic nitrogens is 1. The van der Waals surface area contributed by atoms with Gasteiger partial charge in [0.15, 0.2) is 0 Å². The van der Waals surface area contributed by atoms with Crippen molar-refractivity contribution in [2.75, 3.05) is 20.3 Å². The zero-order valence-corrected chi connectivity index (χ0v) is 16.7. The monoisotopic (exact) mass is 410 g/mol. The lowest BCUT2D eigenvalue weighted by molar-refractivity contribution is -0.139. The Morgan fingerprint density at radius 1 is 1.15 bits per heavy atom. The maximum atomic E-state index is 11.7. The third-order valence-electron chi connectivity index (χ3n) is 3.74. The summed E-state index contributed by atoms with van der Waals surface area (Å²) in [5.41, 5.74) is 5.63. The van der Waals surface area contributed by atoms with Crippen LogP contribution in [0.3, 0.4) is 0 Å². The number of carbonyl (C=O) groups excluding carboxylic acids is 2. The van der Waals surface area contributed by atoms with Crippen LogP contribution in [0.25, 0.3) is 5.69 Å². The highest BCUT2D eigenvalue weighted by Crippen LogP contribution is 2.25. The first-order valence-electron chi connectivity index (χ1n) is 8.09. The van der Waals surface area contributed by atoms with E-state index in [-0.39, 0.29) is 6.54 Å². The molecule has 2 N–H and O–H groups in total. The number of hydrogen-bond acceptors (Lipinski definition) is 4. The molecule has 0 aliphatic carbocycles. The number of benzene rings is 1. The molecule has 0 aliphatic rings. The molecule has 0 atom stereocenters. The molecule has 2 rings (SSSR count). The normalized spacial score (nSPS) is 11.0. The molecule has 0 radical (unpaired) electrons. The van der Waals surface area contributed by atoms with Gasteiger partial charge in [0.1, 0.15) is 0 Å². The molecular weight excluding hydrogens is 391 g/mol. The number of rotatable bonds is 6. The third kappa shape index (κ3) is 5.56. The lowest BCUT2D eigenvalue weighted by Crippen LogP contribution is -2.39. The van der Waals surface area contributed by atoms with E-state index in [9.17, 15) is 9.59 Å². The highest BCUT2D eigenvalue weighted by molar-refractivity contribution is 6.35. The van der Waals surface area contributed by atoms with Crippen LogP contribution in [0.4, 0.5) is 0 Å². The molecule has 0 unspecified atom stereocenters. The van der Waals surface area contributed by atoms with Crippen LogP contribution in [0.1, 0.15) is 17.0 Å². The van der Waals surface area contributed by atoms with Crippen molar-refractivity contribution in [2.24, 2.45) is 5.10 Å². The van der Waals surface area contributed by atoms with Gasteiger partial charge in [0, 0.05) is 46.3 Å². The van der Waals surface area contributed by atoms with Crippen LogP contribution in [0.2, 0.25) is 10.0 Å². The Hall–Kier alpha value is -2.35. The number of amides is 2. The van der Waals surface area contributed by atoms with Gasteiger partial charge in [0.25, 0.3) is 0 Å². The highest BCUT2D eigenvalue weighted by Gasteiger charge is 2.13. The number of nitrogens with zero attached hydrogens (tertiary/aromatic N) is 2. The molecule has 144 valence electrons. The second-order valence-corrected chi connectivity index (χ2v) is 6.61. The van der Waals surface area contributed by atoms with Crippen molar-refractivity contribution >= 4 is 41.2 Å². The standard InChI is InChI=1S/C18H20Cl2N4O3/c1-11-6-13(10-22-23-18(26)17(25)21-4-5-27-3)12(2)24(11)16-8-14(19)7-15(20)9-16/h6-10H,4-5H2,1-3H3,(H,21,25)(H,23,26)/b22-10+. The maximum absolute atomic E-state index is 11.7. The number of hydrazone groups is 1. The summed E-state index contributed by atoms with van der Waals surface area (Å²) in [4.78, 5) is 23.2. The summed E-state index contributed by atoms with van der Waals surface area (Å²) in [7, 11) is 1.50. The van der Waals surface area contributed by atoms with Gasteiger partial charge in [-0.2, -0.15) is 5.10 Å². The van der Waals surface area contributed by atoms with Crippen molar-refractivity contribution in [2.45, 2.75) is 13.8 Å². The average molecular weight is 411 g/mol. The topological polar surface area (TPSA) is 84.7 Å². The predicted octanol–water partition coefficient (Wildman–Crippen LogP) is 2.61. The van der Waals surface area contributed by atoms with Crippen LogP contribution in [0.5, 0.6) is 0 Å². The van der Waals surface area contributed by atoms with Gasteiger partial charge in [-0.15, -0.1) is 0 Å². The SMILES string of the molecule is COCCNC(=O)C(=O)N/N=C/c1cc(C)n(-c2cc(Cl)cc(Cl)c2)c1C. The molecule has 0 aliphatic heterocycles. The first-order chi connectivity index (χ1) is 12.8. The van der Waals surface area contributed by atoms with Gasteiger partial charge in [0.05, 0.1) is 12.8 Å². The average Bonchev–Trinajstić information content (AvgIpc) is 2.87. The number of methoxy groups -OCH3 is 1. The Bertz CT molecular complexity index is 857. The minimum atomic E-state index is -0.849. The van der Waals surface area contributed by atoms with Gasteiger partial charge in [-0.1, -0.05) is 23.2 Å². The van der Waals surface area contributed by atoms with Crippen LogP contribution in [-0.4, -0.2) is 42.9 Å². The molecule has 2 amide bonds. The largest absolute Gasteiger partial charge is 0.383 e. The minimum Gasteiger partial charge on any atom is -0.383 e. The van der Waals surface area contributed by atoms with E-state index >= 15 is 0 Å². The first kappa shape index (κ1) is 21.0. The van der Waals surface area contributed by atoms with Crippen LogP contribution < -0.4 is 10.7 Å². The summed E-state index contributed by atoms with van der Waals surface area (Å²) in [5.74, 6) is -1.62. The second-order valence-electron chi connectivity index (χ2n) is 5.74. The molecule has 7 nitrogen and oxygen atoms in total. The molecular formula is C18H20Cl2N4O3. The van der Waals surface area contributed by atoms with Crippen molar-refractivity contribution in [3.63, 3.8) is 0 Å². The lowest BCUT2D eigenvalue weighted by Gasteiger charge is -2.10. The van der Waals surface area contributed by atoms with E-state index in [1.807, 2.05) is 24.5 Å². The van der Waals surface area contributed by atoms with Crippen LogP contribution in [0.15, 0.2) is 29.4 Å². The number of ether oxygens (including phenoxy) is 1. The summed E-state index contributed by atoms with van der Waals surface area (Å²) >= 11 is 12.2. The molecule has 0 saturated heterocycles. The fourth-order valence-electron chi connectivity index (χ4n) is 2.54. The van der Waals surface area contributed by atoms with Gasteiger partial charge in [-0.25, -0.2) is 5.43 Å². The van der Waals surface area contributed by atoms with Crippen molar-refractivity contribution in [1.82, 2.24) is 15.3 Å². The Morgan fingerprint density at radius 2 is 1.81 bits per heavy atom. The number of hydrogen-bond donors (Lipinski definition) is 2. The van der Waals surface area contributed by atoms with E-state index in [2.05, 4.69) is 15.8 Å². The second kappa shape index (κ2) is 9.55. The van der Waals surface area contributed by atoms with E-state index in [1.165, 1.54) is 13.3 Å². The molecule has 0 fully saturated rings. The fraction of sp³-hybridized carbons (Fsp3) is 0.278. The van der Waals surface area contributed by atoms with E-state index in [0.717, 1.165) is 22.6 Å². The Kier molecular flexibility index (Phi) is 7.41. The van der Waals surface area contributed by atoms with Crippen molar-refractivity contribution < 1.29 is 14.3 Å². The first-order valence-corrected chi connectivity index (χ1v) is 8.84. The Balaban J connectivity index is 2.11. The molecule has 1 aromatic carbocycles. The highest BCUT2D eigenvalue weighted by atomic mass is 35.5. The summed E-state index contributed by atoms with van der Waals surface area (Å²) < 4.78 is 6.76. The number of aryl methyl sites for hydroxylation is 1. The summed E-state index contributed by atoms with van der Waals surface area (Å²) in [6.07, 6.45) is 1.48. The lowest BCUT2D eigenvalue weighted by atomic mass is 10.2. The Morgan fingerprint density at radius 3 is 2.44 bits per heavy atom. The summed E-state index contributed by atoms with van der Waals surface area (Å²) in [5, 5.41) is 7.33. The van der Waals surface area contributed by atoms with E-state index < -0.39 is 11.8 Å². The molecule has 0 spiro atoms. The molecule has 2 aromatic rings. The molecule has 9 heteroatoms. The van der Waals surface area contributed by atoms with Crippen molar-refractivity contribution in [1.29, 1.82) is 0 Å². The number of carbonyl (C=O) groups is 2. The summed E-state index contributed by atoms with van der Waals surface area (Å²) in [6.45, 7) is 4.40. The smallest absolute Gasteiger partial charge is 0.329 e. The van der Waals surface area contributed by atoms with Gasteiger partial charge >= 0.3 is 11.8 Å². The minimum absolute atomic E-state index is 0.246. The van der Waals surface area contributed by atoms with Gasteiger partial charge in [-0.05, 0) is 38.1 Å². The third-order valence-corrected chi connectivity index (χ3v) is 4.18. The van der Waals surface area contributed by atoms with E-state index in [1.54, 1.807) is 18.2 Å². The van der Waals surface area contributed by atoms with Crippen LogP contribution in [0, 0.1) is 13.8 Å². The van der Waals surface area contributed by atoms with Gasteiger partial charge in [0.2, 0.25) is 0 Å².